The molecule has 0 spiro atoms. The molecule has 0 aliphatic carbocycles. The number of benzene rings is 1. The van der Waals surface area contributed by atoms with Crippen molar-refractivity contribution < 1.29 is 13.9 Å². The molecule has 2 aliphatic heterocycles. The maximum Gasteiger partial charge on any atom is 0.244 e. The molecule has 0 aromatic heterocycles. The lowest BCUT2D eigenvalue weighted by Gasteiger charge is -2.38. The van der Waals surface area contributed by atoms with Gasteiger partial charge in [-0.25, -0.2) is 4.39 Å². The van der Waals surface area contributed by atoms with Crippen molar-refractivity contribution >= 4 is 5.91 Å². The van der Waals surface area contributed by atoms with Crippen LogP contribution in [0.1, 0.15) is 11.6 Å². The zero-order valence-electron chi connectivity index (χ0n) is 12.6. The number of amides is 1. The number of piperazine rings is 1. The second kappa shape index (κ2) is 7.17. The maximum absolute atomic E-state index is 13.6. The number of ether oxygens (including phenoxy) is 1. The van der Waals surface area contributed by atoms with Gasteiger partial charge in [0.1, 0.15) is 11.9 Å². The third kappa shape index (κ3) is 3.45. The number of hydrogen-bond acceptors (Lipinski definition) is 4. The molecular weight excluding hydrogens is 285 g/mol. The van der Waals surface area contributed by atoms with Crippen molar-refractivity contribution in [1.29, 1.82) is 0 Å². The van der Waals surface area contributed by atoms with Crippen molar-refractivity contribution in [3.8, 4) is 0 Å². The van der Waals surface area contributed by atoms with E-state index in [-0.39, 0.29) is 11.7 Å². The van der Waals surface area contributed by atoms with Crippen molar-refractivity contribution in [3.63, 3.8) is 0 Å². The fourth-order valence-corrected chi connectivity index (χ4v) is 3.08. The summed E-state index contributed by atoms with van der Waals surface area (Å²) in [5.41, 5.74) is 0.727. The molecule has 2 heterocycles. The van der Waals surface area contributed by atoms with E-state index in [0.717, 1.165) is 18.7 Å². The standard InChI is InChI=1S/C16H22FN3O2/c17-14-3-1-2-13(12-14)15(19-8-10-22-11-9-19)16(21)20-6-4-18-5-7-20/h1-3,12,15,18H,4-11H2. The van der Waals surface area contributed by atoms with Crippen LogP contribution in [0.15, 0.2) is 24.3 Å². The molecule has 1 unspecified atom stereocenters. The van der Waals surface area contributed by atoms with Gasteiger partial charge in [0.2, 0.25) is 5.91 Å². The number of nitrogens with one attached hydrogen (secondary N) is 1. The Kier molecular flexibility index (Phi) is 5.02. The molecule has 1 N–H and O–H groups in total. The highest BCUT2D eigenvalue weighted by atomic mass is 19.1. The van der Waals surface area contributed by atoms with E-state index in [9.17, 15) is 9.18 Å². The summed E-state index contributed by atoms with van der Waals surface area (Å²) < 4.78 is 19.0. The van der Waals surface area contributed by atoms with Gasteiger partial charge >= 0.3 is 0 Å². The van der Waals surface area contributed by atoms with E-state index in [0.29, 0.717) is 39.4 Å². The molecule has 0 radical (unpaired) electrons. The molecule has 1 aromatic carbocycles. The van der Waals surface area contributed by atoms with Gasteiger partial charge in [-0.15, -0.1) is 0 Å². The second-order valence-corrected chi connectivity index (χ2v) is 5.68. The van der Waals surface area contributed by atoms with Gasteiger partial charge in [-0.05, 0) is 17.7 Å². The minimum absolute atomic E-state index is 0.0639. The summed E-state index contributed by atoms with van der Waals surface area (Å²) in [4.78, 5) is 17.0. The van der Waals surface area contributed by atoms with Crippen molar-refractivity contribution in [1.82, 2.24) is 15.1 Å². The molecule has 2 aliphatic rings. The summed E-state index contributed by atoms with van der Waals surface area (Å²) in [5, 5.41) is 3.25. The first kappa shape index (κ1) is 15.4. The van der Waals surface area contributed by atoms with Crippen LogP contribution in [0.4, 0.5) is 4.39 Å². The highest BCUT2D eigenvalue weighted by molar-refractivity contribution is 5.83. The molecule has 0 saturated carbocycles. The Morgan fingerprint density at radius 1 is 1.18 bits per heavy atom. The largest absolute Gasteiger partial charge is 0.379 e. The molecule has 2 fully saturated rings. The Hall–Kier alpha value is -1.50. The number of rotatable bonds is 3. The molecule has 1 atom stereocenters. The predicted molar refractivity (Wildman–Crippen MR) is 81.0 cm³/mol. The first-order valence-corrected chi connectivity index (χ1v) is 7.82. The quantitative estimate of drug-likeness (QED) is 0.890. The van der Waals surface area contributed by atoms with Crippen LogP contribution in [0.3, 0.4) is 0 Å². The highest BCUT2D eigenvalue weighted by Crippen LogP contribution is 2.25. The van der Waals surface area contributed by atoms with E-state index < -0.39 is 6.04 Å². The lowest BCUT2D eigenvalue weighted by molar-refractivity contribution is -0.139. The number of carbonyl (C=O) groups excluding carboxylic acids is 1. The van der Waals surface area contributed by atoms with Crippen LogP contribution in [0.25, 0.3) is 0 Å². The average Bonchev–Trinajstić information content (AvgIpc) is 2.57. The molecule has 1 amide bonds. The predicted octanol–water partition coefficient (Wildman–Crippen LogP) is 0.631. The number of halogens is 1. The van der Waals surface area contributed by atoms with E-state index in [1.165, 1.54) is 12.1 Å². The molecule has 120 valence electrons. The molecule has 5 nitrogen and oxygen atoms in total. The Balaban J connectivity index is 1.86. The summed E-state index contributed by atoms with van der Waals surface area (Å²) in [6.45, 7) is 5.64. The van der Waals surface area contributed by atoms with Crippen LogP contribution in [0, 0.1) is 5.82 Å². The van der Waals surface area contributed by atoms with Crippen molar-refractivity contribution in [2.45, 2.75) is 6.04 Å². The third-order valence-electron chi connectivity index (χ3n) is 4.24. The second-order valence-electron chi connectivity index (χ2n) is 5.68. The van der Waals surface area contributed by atoms with Gasteiger partial charge in [-0.2, -0.15) is 0 Å². The van der Waals surface area contributed by atoms with Crippen LogP contribution in [0.2, 0.25) is 0 Å². The lowest BCUT2D eigenvalue weighted by Crippen LogP contribution is -2.52. The molecule has 3 rings (SSSR count). The monoisotopic (exact) mass is 307 g/mol. The lowest BCUT2D eigenvalue weighted by atomic mass is 10.0. The van der Waals surface area contributed by atoms with E-state index in [2.05, 4.69) is 10.2 Å². The van der Waals surface area contributed by atoms with Gasteiger partial charge in [0.15, 0.2) is 0 Å². The third-order valence-corrected chi connectivity index (χ3v) is 4.24. The first-order valence-electron chi connectivity index (χ1n) is 7.82. The summed E-state index contributed by atoms with van der Waals surface area (Å²) in [6.07, 6.45) is 0. The molecule has 2 saturated heterocycles. The zero-order chi connectivity index (χ0) is 15.4. The van der Waals surface area contributed by atoms with Crippen molar-refractivity contribution in [3.05, 3.63) is 35.6 Å². The highest BCUT2D eigenvalue weighted by Gasteiger charge is 2.32. The van der Waals surface area contributed by atoms with Crippen LogP contribution in [-0.4, -0.2) is 68.2 Å². The van der Waals surface area contributed by atoms with Crippen LogP contribution >= 0.6 is 0 Å². The molecule has 0 bridgehead atoms. The van der Waals surface area contributed by atoms with Crippen LogP contribution in [-0.2, 0) is 9.53 Å². The van der Waals surface area contributed by atoms with E-state index in [4.69, 9.17) is 4.74 Å². The number of hydrogen-bond donors (Lipinski definition) is 1. The maximum atomic E-state index is 13.6. The van der Waals surface area contributed by atoms with Gasteiger partial charge in [0, 0.05) is 39.3 Å². The van der Waals surface area contributed by atoms with Gasteiger partial charge in [0.25, 0.3) is 0 Å². The smallest absolute Gasteiger partial charge is 0.244 e. The van der Waals surface area contributed by atoms with Gasteiger partial charge in [-0.1, -0.05) is 12.1 Å². The van der Waals surface area contributed by atoms with Crippen molar-refractivity contribution in [2.75, 3.05) is 52.5 Å². The Bertz CT molecular complexity index is 514. The van der Waals surface area contributed by atoms with Crippen LogP contribution < -0.4 is 5.32 Å². The number of nitrogens with zero attached hydrogens (tertiary/aromatic N) is 2. The minimum atomic E-state index is -0.419. The van der Waals surface area contributed by atoms with Gasteiger partial charge < -0.3 is 15.0 Å². The van der Waals surface area contributed by atoms with E-state index >= 15 is 0 Å². The molecule has 6 heteroatoms. The SMILES string of the molecule is O=C(C(c1cccc(F)c1)N1CCOCC1)N1CCNCC1. The fourth-order valence-electron chi connectivity index (χ4n) is 3.08. The molecular formula is C16H22FN3O2. The Morgan fingerprint density at radius 3 is 2.59 bits per heavy atom. The topological polar surface area (TPSA) is 44.8 Å². The Labute approximate surface area is 130 Å². The van der Waals surface area contributed by atoms with Crippen LogP contribution in [0.5, 0.6) is 0 Å². The average molecular weight is 307 g/mol. The number of carbonyl (C=O) groups is 1. The fraction of sp³-hybridized carbons (Fsp3) is 0.562. The summed E-state index contributed by atoms with van der Waals surface area (Å²) in [7, 11) is 0. The van der Waals surface area contributed by atoms with Gasteiger partial charge in [0.05, 0.1) is 13.2 Å². The van der Waals surface area contributed by atoms with E-state index in [1.807, 2.05) is 11.0 Å². The summed E-state index contributed by atoms with van der Waals surface area (Å²) in [5.74, 6) is -0.238. The van der Waals surface area contributed by atoms with E-state index in [1.54, 1.807) is 6.07 Å². The Morgan fingerprint density at radius 2 is 1.91 bits per heavy atom. The van der Waals surface area contributed by atoms with Gasteiger partial charge in [-0.3, -0.25) is 9.69 Å². The normalized spacial score (nSPS) is 21.6. The molecule has 1 aromatic rings. The molecule has 22 heavy (non-hydrogen) atoms. The summed E-state index contributed by atoms with van der Waals surface area (Å²) >= 11 is 0. The zero-order valence-corrected chi connectivity index (χ0v) is 12.6. The number of morpholine rings is 1. The first-order chi connectivity index (χ1) is 10.8. The summed E-state index contributed by atoms with van der Waals surface area (Å²) in [6, 6.07) is 5.97. The minimum Gasteiger partial charge on any atom is -0.379 e. The van der Waals surface area contributed by atoms with Crippen molar-refractivity contribution in [2.24, 2.45) is 0 Å².